The van der Waals surface area contributed by atoms with Gasteiger partial charge in [0.05, 0.1) is 13.2 Å². The number of hydrogen-bond donors (Lipinski definition) is 0. The highest BCUT2D eigenvalue weighted by molar-refractivity contribution is 5.84. The quantitative estimate of drug-likeness (QED) is 0.672. The summed E-state index contributed by atoms with van der Waals surface area (Å²) in [6.07, 6.45) is 0.848. The fourth-order valence-electron chi connectivity index (χ4n) is 1.18. The van der Waals surface area contributed by atoms with E-state index in [1.54, 1.807) is 0 Å². The van der Waals surface area contributed by atoms with Gasteiger partial charge in [0.15, 0.2) is 0 Å². The summed E-state index contributed by atoms with van der Waals surface area (Å²) in [5.41, 5.74) is -0.602. The van der Waals surface area contributed by atoms with Crippen molar-refractivity contribution in [3.05, 3.63) is 0 Å². The third-order valence-electron chi connectivity index (χ3n) is 2.62. The van der Waals surface area contributed by atoms with Crippen LogP contribution in [0, 0.1) is 10.8 Å². The fourth-order valence-corrected chi connectivity index (χ4v) is 1.18. The van der Waals surface area contributed by atoms with Crippen LogP contribution < -0.4 is 0 Å². The first-order chi connectivity index (χ1) is 7.55. The molecule has 3 heteroatoms. The van der Waals surface area contributed by atoms with E-state index in [4.69, 9.17) is 4.74 Å². The van der Waals surface area contributed by atoms with E-state index >= 15 is 0 Å². The Kier molecular flexibility index (Phi) is 6.03. The largest absolute Gasteiger partial charge is 0.381 e. The molecule has 0 saturated carbocycles. The molecule has 0 rings (SSSR count). The van der Waals surface area contributed by atoms with Crippen molar-refractivity contribution in [2.45, 2.75) is 54.4 Å². The van der Waals surface area contributed by atoms with Crippen LogP contribution in [0.4, 0.5) is 0 Å². The molecule has 0 amide bonds. The zero-order chi connectivity index (χ0) is 13.7. The first-order valence-electron chi connectivity index (χ1n) is 6.19. The summed E-state index contributed by atoms with van der Waals surface area (Å²) in [5.74, 6) is 0.388. The van der Waals surface area contributed by atoms with E-state index in [0.717, 1.165) is 0 Å². The van der Waals surface area contributed by atoms with Crippen molar-refractivity contribution in [2.75, 3.05) is 13.2 Å². The summed E-state index contributed by atoms with van der Waals surface area (Å²) in [6.45, 7) is 12.2. The number of carbonyl (C=O) groups excluding carboxylic acids is 2. The van der Waals surface area contributed by atoms with Crippen LogP contribution in [0.25, 0.3) is 0 Å². The maximum absolute atomic E-state index is 11.6. The topological polar surface area (TPSA) is 43.4 Å². The molecular weight excluding hydrogens is 216 g/mol. The monoisotopic (exact) mass is 242 g/mol. The molecular formula is C14H26O3. The molecule has 0 aromatic rings. The molecule has 17 heavy (non-hydrogen) atoms. The van der Waals surface area contributed by atoms with Gasteiger partial charge in [0.2, 0.25) is 0 Å². The zero-order valence-electron chi connectivity index (χ0n) is 12.1. The van der Waals surface area contributed by atoms with Crippen molar-refractivity contribution in [1.82, 2.24) is 0 Å². The molecule has 0 heterocycles. The molecule has 0 aromatic heterocycles. The molecule has 100 valence electrons. The lowest BCUT2D eigenvalue weighted by molar-refractivity contribution is -0.128. The molecule has 3 nitrogen and oxygen atoms in total. The molecule has 0 bridgehead atoms. The Balaban J connectivity index is 3.68. The predicted octanol–water partition coefficient (Wildman–Crippen LogP) is 3.01. The van der Waals surface area contributed by atoms with Crippen LogP contribution in [0.2, 0.25) is 0 Å². The molecule has 0 spiro atoms. The van der Waals surface area contributed by atoms with Crippen LogP contribution in [0.5, 0.6) is 0 Å². The zero-order valence-corrected chi connectivity index (χ0v) is 12.1. The SMILES string of the molecule is CC(C)(C)C(=O)CCOCCC(=O)C(C)(C)C. The van der Waals surface area contributed by atoms with Gasteiger partial charge in [-0.15, -0.1) is 0 Å². The summed E-state index contributed by atoms with van der Waals surface area (Å²) in [5, 5.41) is 0. The molecule has 0 unspecified atom stereocenters. The van der Waals surface area contributed by atoms with Crippen LogP contribution in [0.15, 0.2) is 0 Å². The van der Waals surface area contributed by atoms with Crippen molar-refractivity contribution in [2.24, 2.45) is 10.8 Å². The summed E-state index contributed by atoms with van der Waals surface area (Å²) >= 11 is 0. The average molecular weight is 242 g/mol. The highest BCUT2D eigenvalue weighted by Gasteiger charge is 2.21. The molecule has 0 N–H and O–H groups in total. The summed E-state index contributed by atoms with van der Waals surface area (Å²) in [4.78, 5) is 23.1. The van der Waals surface area contributed by atoms with Gasteiger partial charge in [0.25, 0.3) is 0 Å². The van der Waals surface area contributed by atoms with Gasteiger partial charge in [0, 0.05) is 23.7 Å². The smallest absolute Gasteiger partial charge is 0.140 e. The maximum Gasteiger partial charge on any atom is 0.140 e. The highest BCUT2D eigenvalue weighted by Crippen LogP contribution is 2.17. The van der Waals surface area contributed by atoms with Gasteiger partial charge < -0.3 is 4.74 Å². The maximum atomic E-state index is 11.6. The molecule has 0 fully saturated rings. The first-order valence-corrected chi connectivity index (χ1v) is 6.19. The lowest BCUT2D eigenvalue weighted by atomic mass is 9.89. The van der Waals surface area contributed by atoms with E-state index in [9.17, 15) is 9.59 Å². The number of rotatable bonds is 6. The number of carbonyl (C=O) groups is 2. The van der Waals surface area contributed by atoms with Gasteiger partial charge in [-0.2, -0.15) is 0 Å². The average Bonchev–Trinajstić information content (AvgIpc) is 2.13. The van der Waals surface area contributed by atoms with E-state index in [0.29, 0.717) is 26.1 Å². The van der Waals surface area contributed by atoms with Crippen molar-refractivity contribution in [3.8, 4) is 0 Å². The van der Waals surface area contributed by atoms with E-state index in [1.165, 1.54) is 0 Å². The van der Waals surface area contributed by atoms with Gasteiger partial charge in [-0.05, 0) is 0 Å². The van der Waals surface area contributed by atoms with Crippen LogP contribution in [0.3, 0.4) is 0 Å². The lowest BCUT2D eigenvalue weighted by Gasteiger charge is -2.17. The Labute approximate surface area is 105 Å². The Morgan fingerprint density at radius 1 is 0.765 bits per heavy atom. The van der Waals surface area contributed by atoms with Gasteiger partial charge in [-0.1, -0.05) is 41.5 Å². The minimum absolute atomic E-state index is 0.194. The van der Waals surface area contributed by atoms with Crippen LogP contribution in [-0.2, 0) is 14.3 Å². The van der Waals surface area contributed by atoms with E-state index in [-0.39, 0.29) is 22.4 Å². The Morgan fingerprint density at radius 3 is 1.29 bits per heavy atom. The van der Waals surface area contributed by atoms with E-state index in [2.05, 4.69) is 0 Å². The van der Waals surface area contributed by atoms with Gasteiger partial charge >= 0.3 is 0 Å². The number of ether oxygens (including phenoxy) is 1. The van der Waals surface area contributed by atoms with Crippen LogP contribution >= 0.6 is 0 Å². The molecule has 0 aromatic carbocycles. The summed E-state index contributed by atoms with van der Waals surface area (Å²) < 4.78 is 5.32. The minimum atomic E-state index is -0.301. The number of Topliss-reactive ketones (excluding diaryl/α,β-unsaturated/α-hetero) is 2. The molecule has 0 saturated heterocycles. The Hall–Kier alpha value is -0.700. The fraction of sp³-hybridized carbons (Fsp3) is 0.857. The lowest BCUT2D eigenvalue weighted by Crippen LogP contribution is -2.23. The van der Waals surface area contributed by atoms with E-state index < -0.39 is 0 Å². The number of hydrogen-bond acceptors (Lipinski definition) is 3. The second kappa shape index (κ2) is 6.29. The molecule has 0 atom stereocenters. The standard InChI is InChI=1S/C14H26O3/c1-13(2,3)11(15)7-9-17-10-8-12(16)14(4,5)6/h7-10H2,1-6H3. The normalized spacial score (nSPS) is 12.6. The molecule has 0 aliphatic heterocycles. The Bertz CT molecular complexity index is 238. The highest BCUT2D eigenvalue weighted by atomic mass is 16.5. The number of ketones is 2. The van der Waals surface area contributed by atoms with E-state index in [1.807, 2.05) is 41.5 Å². The third-order valence-corrected chi connectivity index (χ3v) is 2.62. The van der Waals surface area contributed by atoms with Gasteiger partial charge in [-0.25, -0.2) is 0 Å². The van der Waals surface area contributed by atoms with Gasteiger partial charge in [-0.3, -0.25) is 9.59 Å². The van der Waals surface area contributed by atoms with Crippen molar-refractivity contribution >= 4 is 11.6 Å². The molecule has 0 radical (unpaired) electrons. The third kappa shape index (κ3) is 7.27. The van der Waals surface area contributed by atoms with Crippen molar-refractivity contribution in [1.29, 1.82) is 0 Å². The van der Waals surface area contributed by atoms with Gasteiger partial charge in [0.1, 0.15) is 11.6 Å². The second-order valence-electron chi connectivity index (χ2n) is 6.46. The van der Waals surface area contributed by atoms with Crippen LogP contribution in [-0.4, -0.2) is 24.8 Å². The Morgan fingerprint density at radius 2 is 1.06 bits per heavy atom. The van der Waals surface area contributed by atoms with Crippen molar-refractivity contribution < 1.29 is 14.3 Å². The van der Waals surface area contributed by atoms with Crippen LogP contribution in [0.1, 0.15) is 54.4 Å². The minimum Gasteiger partial charge on any atom is -0.381 e. The van der Waals surface area contributed by atoms with Crippen molar-refractivity contribution in [3.63, 3.8) is 0 Å². The first kappa shape index (κ1) is 16.3. The summed E-state index contributed by atoms with van der Waals surface area (Å²) in [6, 6.07) is 0. The molecule has 0 aliphatic carbocycles. The molecule has 0 aliphatic rings. The summed E-state index contributed by atoms with van der Waals surface area (Å²) in [7, 11) is 0. The predicted molar refractivity (Wildman–Crippen MR) is 69.0 cm³/mol. The second-order valence-corrected chi connectivity index (χ2v) is 6.46.